The fourth-order valence-corrected chi connectivity index (χ4v) is 1.74. The Morgan fingerprint density at radius 3 is 2.69 bits per heavy atom. The van der Waals surface area contributed by atoms with Crippen LogP contribution in [0.2, 0.25) is 0 Å². The lowest BCUT2D eigenvalue weighted by Gasteiger charge is -2.06. The second-order valence-corrected chi connectivity index (χ2v) is 4.63. The molecule has 0 unspecified atom stereocenters. The van der Waals surface area contributed by atoms with Gasteiger partial charge in [-0.2, -0.15) is 5.10 Å². The second kappa shape index (κ2) is 5.16. The molecule has 1 aromatic heterocycles. The minimum absolute atomic E-state index is 0.878. The highest BCUT2D eigenvalue weighted by Gasteiger charge is 1.94. The third-order valence-electron chi connectivity index (χ3n) is 2.28. The maximum atomic E-state index is 4.23. The molecule has 2 aromatic rings. The average Bonchev–Trinajstić information content (AvgIpc) is 2.67. The van der Waals surface area contributed by atoms with E-state index in [-0.39, 0.29) is 0 Å². The van der Waals surface area contributed by atoms with Gasteiger partial charge in [0, 0.05) is 22.9 Å². The summed E-state index contributed by atoms with van der Waals surface area (Å²) in [6.45, 7) is 3.80. The number of benzene rings is 1. The molecule has 4 heteroatoms. The van der Waals surface area contributed by atoms with Crippen molar-refractivity contribution in [3.8, 4) is 0 Å². The molecule has 1 N–H and O–H groups in total. The first-order valence-corrected chi connectivity index (χ1v) is 6.02. The predicted octanol–water partition coefficient (Wildman–Crippen LogP) is 3.07. The van der Waals surface area contributed by atoms with Gasteiger partial charge in [0.15, 0.2) is 0 Å². The van der Waals surface area contributed by atoms with Crippen molar-refractivity contribution in [2.45, 2.75) is 13.5 Å². The van der Waals surface area contributed by atoms with Crippen LogP contribution < -0.4 is 5.32 Å². The van der Waals surface area contributed by atoms with Crippen molar-refractivity contribution < 1.29 is 0 Å². The van der Waals surface area contributed by atoms with Crippen LogP contribution in [0.4, 0.5) is 5.69 Å². The maximum Gasteiger partial charge on any atom is 0.0582 e. The predicted molar refractivity (Wildman–Crippen MR) is 69.6 cm³/mol. The van der Waals surface area contributed by atoms with E-state index in [1.54, 1.807) is 0 Å². The molecule has 1 heterocycles. The van der Waals surface area contributed by atoms with Gasteiger partial charge in [0.1, 0.15) is 0 Å². The molecule has 2 rings (SSSR count). The van der Waals surface area contributed by atoms with Crippen LogP contribution in [0.1, 0.15) is 5.56 Å². The van der Waals surface area contributed by atoms with Crippen LogP contribution in [-0.2, 0) is 6.54 Å². The summed E-state index contributed by atoms with van der Waals surface area (Å²) in [6, 6.07) is 8.16. The third kappa shape index (κ3) is 3.10. The number of hydrogen-bond donors (Lipinski definition) is 1. The molecule has 1 aromatic carbocycles. The number of aromatic nitrogens is 2. The minimum atomic E-state index is 0.878. The number of rotatable bonds is 4. The lowest BCUT2D eigenvalue weighted by Crippen LogP contribution is -2.10. The minimum Gasteiger partial charge on any atom is -0.383 e. The van der Waals surface area contributed by atoms with Gasteiger partial charge in [0.2, 0.25) is 0 Å². The molecule has 0 saturated heterocycles. The first kappa shape index (κ1) is 11.2. The van der Waals surface area contributed by atoms with Crippen molar-refractivity contribution in [3.05, 3.63) is 46.7 Å². The summed E-state index contributed by atoms with van der Waals surface area (Å²) >= 11 is 3.41. The van der Waals surface area contributed by atoms with E-state index in [0.29, 0.717) is 0 Å². The summed E-state index contributed by atoms with van der Waals surface area (Å²) in [5.41, 5.74) is 2.33. The van der Waals surface area contributed by atoms with E-state index in [2.05, 4.69) is 38.5 Å². The molecule has 0 saturated carbocycles. The maximum absolute atomic E-state index is 4.23. The zero-order valence-corrected chi connectivity index (χ0v) is 10.7. The zero-order chi connectivity index (χ0) is 11.4. The molecule has 0 aliphatic heterocycles. The Hall–Kier alpha value is -1.29. The van der Waals surface area contributed by atoms with Crippen molar-refractivity contribution in [1.29, 1.82) is 0 Å². The number of halogens is 1. The number of nitrogens with one attached hydrogen (secondary N) is 1. The van der Waals surface area contributed by atoms with Crippen molar-refractivity contribution in [2.75, 3.05) is 11.9 Å². The number of aryl methyl sites for hydroxylation is 1. The average molecular weight is 280 g/mol. The highest BCUT2D eigenvalue weighted by molar-refractivity contribution is 9.10. The van der Waals surface area contributed by atoms with Crippen LogP contribution in [0.25, 0.3) is 0 Å². The van der Waals surface area contributed by atoms with Crippen LogP contribution in [0.15, 0.2) is 41.1 Å². The van der Waals surface area contributed by atoms with Gasteiger partial charge in [-0.3, -0.25) is 4.68 Å². The summed E-state index contributed by atoms with van der Waals surface area (Å²) in [4.78, 5) is 0. The lowest BCUT2D eigenvalue weighted by molar-refractivity contribution is 0.637. The fraction of sp³-hybridized carbons (Fsp3) is 0.250. The van der Waals surface area contributed by atoms with E-state index in [4.69, 9.17) is 0 Å². The van der Waals surface area contributed by atoms with Crippen molar-refractivity contribution >= 4 is 21.6 Å². The van der Waals surface area contributed by atoms with E-state index in [0.717, 1.165) is 23.2 Å². The first-order valence-electron chi connectivity index (χ1n) is 5.22. The van der Waals surface area contributed by atoms with E-state index in [9.17, 15) is 0 Å². The highest BCUT2D eigenvalue weighted by atomic mass is 79.9. The van der Waals surface area contributed by atoms with Crippen LogP contribution >= 0.6 is 15.9 Å². The van der Waals surface area contributed by atoms with E-state index in [1.165, 1.54) is 5.56 Å². The van der Waals surface area contributed by atoms with Gasteiger partial charge < -0.3 is 5.32 Å². The van der Waals surface area contributed by atoms with E-state index < -0.39 is 0 Å². The summed E-state index contributed by atoms with van der Waals surface area (Å²) in [5, 5.41) is 7.58. The van der Waals surface area contributed by atoms with Crippen molar-refractivity contribution in [3.63, 3.8) is 0 Å². The fourth-order valence-electron chi connectivity index (χ4n) is 1.47. The van der Waals surface area contributed by atoms with E-state index in [1.807, 2.05) is 36.1 Å². The lowest BCUT2D eigenvalue weighted by atomic mass is 10.3. The van der Waals surface area contributed by atoms with Crippen molar-refractivity contribution in [2.24, 2.45) is 0 Å². The molecular formula is C12H14BrN3. The quantitative estimate of drug-likeness (QED) is 0.932. The standard InChI is InChI=1S/C12H14BrN3/c1-10-8-15-16(9-10)7-6-14-12-4-2-11(13)3-5-12/h2-5,8-9,14H,6-7H2,1H3. The summed E-state index contributed by atoms with van der Waals surface area (Å²) in [7, 11) is 0. The van der Waals surface area contributed by atoms with Crippen LogP contribution in [-0.4, -0.2) is 16.3 Å². The van der Waals surface area contributed by atoms with Gasteiger partial charge in [0.05, 0.1) is 12.7 Å². The monoisotopic (exact) mass is 279 g/mol. The SMILES string of the molecule is Cc1cnn(CCNc2ccc(Br)cc2)c1. The Labute approximate surface area is 104 Å². The molecule has 0 aliphatic rings. The topological polar surface area (TPSA) is 29.9 Å². The van der Waals surface area contributed by atoms with Gasteiger partial charge in [-0.1, -0.05) is 15.9 Å². The Kier molecular flexibility index (Phi) is 3.62. The van der Waals surface area contributed by atoms with Gasteiger partial charge >= 0.3 is 0 Å². The molecule has 0 aliphatic carbocycles. The Bertz CT molecular complexity index is 448. The molecule has 0 radical (unpaired) electrons. The molecular weight excluding hydrogens is 266 g/mol. The normalized spacial score (nSPS) is 10.4. The second-order valence-electron chi connectivity index (χ2n) is 3.71. The molecule has 0 spiro atoms. The Balaban J connectivity index is 1.82. The van der Waals surface area contributed by atoms with Crippen LogP contribution in [0.3, 0.4) is 0 Å². The number of hydrogen-bond acceptors (Lipinski definition) is 2. The molecule has 0 amide bonds. The van der Waals surface area contributed by atoms with Gasteiger partial charge in [0.25, 0.3) is 0 Å². The van der Waals surface area contributed by atoms with Crippen molar-refractivity contribution in [1.82, 2.24) is 9.78 Å². The molecule has 16 heavy (non-hydrogen) atoms. The third-order valence-corrected chi connectivity index (χ3v) is 2.81. The molecule has 0 fully saturated rings. The first-order chi connectivity index (χ1) is 7.74. The van der Waals surface area contributed by atoms with Gasteiger partial charge in [-0.15, -0.1) is 0 Å². The zero-order valence-electron chi connectivity index (χ0n) is 9.15. The smallest absolute Gasteiger partial charge is 0.0582 e. The Morgan fingerprint density at radius 1 is 1.31 bits per heavy atom. The molecule has 0 atom stereocenters. The summed E-state index contributed by atoms with van der Waals surface area (Å²) in [5.74, 6) is 0. The number of anilines is 1. The van der Waals surface area contributed by atoms with Crippen LogP contribution in [0, 0.1) is 6.92 Å². The van der Waals surface area contributed by atoms with Gasteiger partial charge in [-0.25, -0.2) is 0 Å². The van der Waals surface area contributed by atoms with Gasteiger partial charge in [-0.05, 0) is 36.8 Å². The Morgan fingerprint density at radius 2 is 2.06 bits per heavy atom. The molecule has 84 valence electrons. The van der Waals surface area contributed by atoms with E-state index >= 15 is 0 Å². The highest BCUT2D eigenvalue weighted by Crippen LogP contribution is 2.13. The molecule has 3 nitrogen and oxygen atoms in total. The largest absolute Gasteiger partial charge is 0.383 e. The molecule has 0 bridgehead atoms. The summed E-state index contributed by atoms with van der Waals surface area (Å²) in [6.07, 6.45) is 3.92. The van der Waals surface area contributed by atoms with Crippen LogP contribution in [0.5, 0.6) is 0 Å². The summed E-state index contributed by atoms with van der Waals surface area (Å²) < 4.78 is 3.04. The number of nitrogens with zero attached hydrogens (tertiary/aromatic N) is 2.